The van der Waals surface area contributed by atoms with E-state index < -0.39 is 0 Å². The van der Waals surface area contributed by atoms with Crippen LogP contribution in [-0.4, -0.2) is 12.7 Å². The summed E-state index contributed by atoms with van der Waals surface area (Å²) >= 11 is 0. The van der Waals surface area contributed by atoms with Crippen molar-refractivity contribution in [2.75, 3.05) is 6.61 Å². The molecule has 1 aromatic rings. The van der Waals surface area contributed by atoms with Crippen LogP contribution in [0.15, 0.2) is 12.1 Å². The SMILES string of the molecule is Cc1cc(C)c(CC2CO2)c(F)c1. The van der Waals surface area contributed by atoms with Crippen LogP contribution in [0.3, 0.4) is 0 Å². The lowest BCUT2D eigenvalue weighted by Gasteiger charge is -2.06. The second-order valence-corrected chi connectivity index (χ2v) is 3.70. The summed E-state index contributed by atoms with van der Waals surface area (Å²) in [5, 5.41) is 0. The molecule has 0 spiro atoms. The van der Waals surface area contributed by atoms with Gasteiger partial charge in [0.25, 0.3) is 0 Å². The van der Waals surface area contributed by atoms with E-state index >= 15 is 0 Å². The molecule has 0 radical (unpaired) electrons. The molecule has 1 aliphatic rings. The van der Waals surface area contributed by atoms with Crippen LogP contribution in [0.25, 0.3) is 0 Å². The summed E-state index contributed by atoms with van der Waals surface area (Å²) < 4.78 is 18.5. The highest BCUT2D eigenvalue weighted by Gasteiger charge is 2.24. The van der Waals surface area contributed by atoms with Crippen molar-refractivity contribution in [1.82, 2.24) is 0 Å². The number of hydrogen-bond acceptors (Lipinski definition) is 1. The van der Waals surface area contributed by atoms with Gasteiger partial charge in [-0.2, -0.15) is 0 Å². The lowest BCUT2D eigenvalue weighted by Crippen LogP contribution is -2.00. The molecule has 0 saturated carbocycles. The molecular weight excluding hydrogens is 167 g/mol. The number of halogens is 1. The van der Waals surface area contributed by atoms with Crippen LogP contribution < -0.4 is 0 Å². The van der Waals surface area contributed by atoms with Crippen molar-refractivity contribution in [3.8, 4) is 0 Å². The summed E-state index contributed by atoms with van der Waals surface area (Å²) in [6.45, 7) is 4.65. The number of ether oxygens (including phenoxy) is 1. The first-order valence-corrected chi connectivity index (χ1v) is 4.54. The molecule has 1 saturated heterocycles. The van der Waals surface area contributed by atoms with E-state index in [1.165, 1.54) is 0 Å². The molecular formula is C11H13FO. The van der Waals surface area contributed by atoms with Gasteiger partial charge in [0.05, 0.1) is 12.7 Å². The maximum Gasteiger partial charge on any atom is 0.127 e. The summed E-state index contributed by atoms with van der Waals surface area (Å²) in [6.07, 6.45) is 0.980. The van der Waals surface area contributed by atoms with E-state index in [0.29, 0.717) is 0 Å². The molecule has 0 amide bonds. The predicted octanol–water partition coefficient (Wildman–Crippen LogP) is 2.38. The molecule has 2 heteroatoms. The van der Waals surface area contributed by atoms with Crippen LogP contribution in [0.2, 0.25) is 0 Å². The molecule has 0 N–H and O–H groups in total. The molecule has 1 aromatic carbocycles. The van der Waals surface area contributed by atoms with Crippen molar-refractivity contribution in [1.29, 1.82) is 0 Å². The quantitative estimate of drug-likeness (QED) is 0.636. The molecule has 0 bridgehead atoms. The molecule has 1 fully saturated rings. The van der Waals surface area contributed by atoms with Crippen LogP contribution in [0.4, 0.5) is 4.39 Å². The molecule has 70 valence electrons. The van der Waals surface area contributed by atoms with Crippen molar-refractivity contribution < 1.29 is 9.13 Å². The minimum atomic E-state index is -0.0898. The third-order valence-corrected chi connectivity index (χ3v) is 2.40. The van der Waals surface area contributed by atoms with Gasteiger partial charge in [0.15, 0.2) is 0 Å². The zero-order valence-electron chi connectivity index (χ0n) is 7.93. The van der Waals surface area contributed by atoms with Crippen LogP contribution in [0, 0.1) is 19.7 Å². The van der Waals surface area contributed by atoms with Gasteiger partial charge in [-0.25, -0.2) is 4.39 Å². The van der Waals surface area contributed by atoms with Crippen LogP contribution in [0.5, 0.6) is 0 Å². The minimum Gasteiger partial charge on any atom is -0.373 e. The van der Waals surface area contributed by atoms with Gasteiger partial charge in [0.2, 0.25) is 0 Å². The Balaban J connectivity index is 2.31. The van der Waals surface area contributed by atoms with E-state index in [0.717, 1.165) is 29.7 Å². The molecule has 0 aromatic heterocycles. The normalized spacial score (nSPS) is 20.4. The Morgan fingerprint density at radius 3 is 2.69 bits per heavy atom. The maximum atomic E-state index is 13.4. The van der Waals surface area contributed by atoms with E-state index in [1.807, 2.05) is 19.9 Å². The summed E-state index contributed by atoms with van der Waals surface area (Å²) in [4.78, 5) is 0. The third-order valence-electron chi connectivity index (χ3n) is 2.40. The first-order chi connectivity index (χ1) is 6.16. The van der Waals surface area contributed by atoms with Crippen molar-refractivity contribution in [2.24, 2.45) is 0 Å². The first kappa shape index (κ1) is 8.70. The lowest BCUT2D eigenvalue weighted by atomic mass is 10.0. The second-order valence-electron chi connectivity index (χ2n) is 3.70. The van der Waals surface area contributed by atoms with E-state index in [2.05, 4.69) is 0 Å². The van der Waals surface area contributed by atoms with Crippen LogP contribution >= 0.6 is 0 Å². The average Bonchev–Trinajstić information content (AvgIpc) is 2.79. The van der Waals surface area contributed by atoms with Gasteiger partial charge in [-0.15, -0.1) is 0 Å². The zero-order valence-corrected chi connectivity index (χ0v) is 7.93. The Morgan fingerprint density at radius 2 is 2.15 bits per heavy atom. The molecule has 0 aliphatic carbocycles. The Kier molecular flexibility index (Phi) is 2.08. The average molecular weight is 180 g/mol. The number of hydrogen-bond donors (Lipinski definition) is 0. The number of benzene rings is 1. The van der Waals surface area contributed by atoms with Gasteiger partial charge in [-0.1, -0.05) is 6.07 Å². The summed E-state index contributed by atoms with van der Waals surface area (Å²) in [7, 11) is 0. The van der Waals surface area contributed by atoms with Crippen molar-refractivity contribution >= 4 is 0 Å². The predicted molar refractivity (Wildman–Crippen MR) is 49.3 cm³/mol. The minimum absolute atomic E-state index is 0.0898. The topological polar surface area (TPSA) is 12.5 Å². The Morgan fingerprint density at radius 1 is 1.46 bits per heavy atom. The van der Waals surface area contributed by atoms with Gasteiger partial charge < -0.3 is 4.74 Å². The standard InChI is InChI=1S/C11H13FO/c1-7-3-8(2)10(11(12)4-7)5-9-6-13-9/h3-4,9H,5-6H2,1-2H3. The van der Waals surface area contributed by atoms with Crippen molar-refractivity contribution in [3.63, 3.8) is 0 Å². The zero-order chi connectivity index (χ0) is 9.42. The van der Waals surface area contributed by atoms with E-state index in [4.69, 9.17) is 4.74 Å². The summed E-state index contributed by atoms with van der Waals surface area (Å²) in [5.74, 6) is -0.0898. The van der Waals surface area contributed by atoms with Gasteiger partial charge >= 0.3 is 0 Å². The van der Waals surface area contributed by atoms with Gasteiger partial charge in [-0.3, -0.25) is 0 Å². The largest absolute Gasteiger partial charge is 0.373 e. The molecule has 1 unspecified atom stereocenters. The fourth-order valence-corrected chi connectivity index (χ4v) is 1.62. The monoisotopic (exact) mass is 180 g/mol. The second kappa shape index (κ2) is 3.11. The third kappa shape index (κ3) is 1.89. The smallest absolute Gasteiger partial charge is 0.127 e. The molecule has 1 nitrogen and oxygen atoms in total. The van der Waals surface area contributed by atoms with E-state index in [-0.39, 0.29) is 11.9 Å². The lowest BCUT2D eigenvalue weighted by molar-refractivity contribution is 0.404. The first-order valence-electron chi connectivity index (χ1n) is 4.54. The molecule has 1 heterocycles. The highest BCUT2D eigenvalue weighted by molar-refractivity contribution is 5.32. The van der Waals surface area contributed by atoms with Crippen molar-refractivity contribution in [3.05, 3.63) is 34.6 Å². The summed E-state index contributed by atoms with van der Waals surface area (Å²) in [5.41, 5.74) is 2.83. The Labute approximate surface area is 77.5 Å². The number of aryl methyl sites for hydroxylation is 2. The highest BCUT2D eigenvalue weighted by atomic mass is 19.1. The van der Waals surface area contributed by atoms with Gasteiger partial charge in [0, 0.05) is 6.42 Å². The molecule has 1 aliphatic heterocycles. The van der Waals surface area contributed by atoms with Gasteiger partial charge in [0.1, 0.15) is 5.82 Å². The van der Waals surface area contributed by atoms with Gasteiger partial charge in [-0.05, 0) is 36.6 Å². The fraction of sp³-hybridized carbons (Fsp3) is 0.455. The number of epoxide rings is 1. The fourth-order valence-electron chi connectivity index (χ4n) is 1.62. The van der Waals surface area contributed by atoms with E-state index in [1.54, 1.807) is 6.07 Å². The highest BCUT2D eigenvalue weighted by Crippen LogP contribution is 2.22. The summed E-state index contributed by atoms with van der Waals surface area (Å²) in [6, 6.07) is 3.60. The maximum absolute atomic E-state index is 13.4. The van der Waals surface area contributed by atoms with Crippen LogP contribution in [0.1, 0.15) is 16.7 Å². The van der Waals surface area contributed by atoms with E-state index in [9.17, 15) is 4.39 Å². The van der Waals surface area contributed by atoms with Crippen molar-refractivity contribution in [2.45, 2.75) is 26.4 Å². The number of rotatable bonds is 2. The Bertz CT molecular complexity index is 306. The Hall–Kier alpha value is -0.890. The molecule has 2 rings (SSSR count). The molecule has 13 heavy (non-hydrogen) atoms. The van der Waals surface area contributed by atoms with Crippen LogP contribution in [-0.2, 0) is 11.2 Å². The molecule has 1 atom stereocenters.